The average Bonchev–Trinajstić information content (AvgIpc) is 2.50. The lowest BCUT2D eigenvalue weighted by atomic mass is 10.0. The molecule has 1 aromatic rings. The highest BCUT2D eigenvalue weighted by molar-refractivity contribution is 6.05. The molecule has 7 nitrogen and oxygen atoms in total. The molecule has 1 N–H and O–H groups in total. The number of methoxy groups -OCH3 is 2. The summed E-state index contributed by atoms with van der Waals surface area (Å²) in [5, 5.41) is 9.35. The predicted molar refractivity (Wildman–Crippen MR) is 78.0 cm³/mol. The van der Waals surface area contributed by atoms with Crippen LogP contribution < -0.4 is 14.4 Å². The number of aliphatic hydroxyl groups excluding tert-OH is 1. The highest BCUT2D eigenvalue weighted by Crippen LogP contribution is 2.45. The van der Waals surface area contributed by atoms with Crippen LogP contribution in [0.15, 0.2) is 12.1 Å². The Kier molecular flexibility index (Phi) is 4.27. The van der Waals surface area contributed by atoms with E-state index in [1.807, 2.05) is 0 Å². The third-order valence-corrected chi connectivity index (χ3v) is 3.42. The van der Waals surface area contributed by atoms with Crippen molar-refractivity contribution in [2.75, 3.05) is 25.7 Å². The lowest BCUT2D eigenvalue weighted by molar-refractivity contribution is -0.142. The van der Waals surface area contributed by atoms with Gasteiger partial charge in [0.2, 0.25) is 0 Å². The first-order valence-electron chi connectivity index (χ1n) is 6.73. The van der Waals surface area contributed by atoms with Crippen LogP contribution in [-0.2, 0) is 20.9 Å². The van der Waals surface area contributed by atoms with Gasteiger partial charge < -0.3 is 19.3 Å². The van der Waals surface area contributed by atoms with Gasteiger partial charge in [-0.2, -0.15) is 0 Å². The van der Waals surface area contributed by atoms with Crippen LogP contribution in [0.25, 0.3) is 0 Å². The second-order valence-corrected chi connectivity index (χ2v) is 5.38. The Bertz CT molecular complexity index is 610. The molecule has 1 aromatic carbocycles. The molecular weight excluding hydrogens is 290 g/mol. The van der Waals surface area contributed by atoms with Gasteiger partial charge in [-0.25, -0.2) is 0 Å². The molecule has 0 spiro atoms. The summed E-state index contributed by atoms with van der Waals surface area (Å²) >= 11 is 0. The molecule has 0 aromatic heterocycles. The molecule has 22 heavy (non-hydrogen) atoms. The van der Waals surface area contributed by atoms with E-state index >= 15 is 0 Å². The summed E-state index contributed by atoms with van der Waals surface area (Å²) in [6, 6.07) is 3.22. The van der Waals surface area contributed by atoms with Gasteiger partial charge in [0.25, 0.3) is 5.91 Å². The van der Waals surface area contributed by atoms with E-state index < -0.39 is 11.6 Å². The van der Waals surface area contributed by atoms with E-state index in [2.05, 4.69) is 4.74 Å². The van der Waals surface area contributed by atoms with Crippen LogP contribution in [0.1, 0.15) is 19.4 Å². The normalized spacial score (nSPS) is 15.9. The summed E-state index contributed by atoms with van der Waals surface area (Å²) in [7, 11) is 2.72. The van der Waals surface area contributed by atoms with Crippen LogP contribution in [0.3, 0.4) is 0 Å². The Morgan fingerprint density at radius 3 is 2.59 bits per heavy atom. The van der Waals surface area contributed by atoms with Crippen LogP contribution in [-0.4, -0.2) is 43.3 Å². The van der Waals surface area contributed by atoms with Crippen molar-refractivity contribution >= 4 is 17.6 Å². The fourth-order valence-electron chi connectivity index (χ4n) is 2.27. The molecule has 0 bridgehead atoms. The molecule has 1 aliphatic heterocycles. The van der Waals surface area contributed by atoms with Gasteiger partial charge in [0, 0.05) is 0 Å². The van der Waals surface area contributed by atoms with Crippen molar-refractivity contribution in [1.29, 1.82) is 0 Å². The van der Waals surface area contributed by atoms with Crippen LogP contribution >= 0.6 is 0 Å². The molecule has 0 unspecified atom stereocenters. The van der Waals surface area contributed by atoms with Gasteiger partial charge >= 0.3 is 5.97 Å². The summed E-state index contributed by atoms with van der Waals surface area (Å²) in [4.78, 5) is 25.5. The Labute approximate surface area is 128 Å². The molecule has 0 fully saturated rings. The molecular formula is C15H19NO6. The maximum atomic E-state index is 12.6. The average molecular weight is 309 g/mol. The molecule has 2 rings (SSSR count). The Balaban J connectivity index is 2.60. The first kappa shape index (κ1) is 16.1. The topological polar surface area (TPSA) is 85.3 Å². The minimum absolute atomic E-state index is 0.229. The van der Waals surface area contributed by atoms with Crippen molar-refractivity contribution < 1.29 is 28.9 Å². The molecule has 0 saturated carbocycles. The molecule has 0 radical (unpaired) electrons. The third kappa shape index (κ3) is 2.71. The van der Waals surface area contributed by atoms with E-state index in [1.54, 1.807) is 26.0 Å². The van der Waals surface area contributed by atoms with Gasteiger partial charge in [-0.15, -0.1) is 0 Å². The number of nitrogens with zero attached hydrogens (tertiary/aromatic N) is 1. The number of anilines is 1. The third-order valence-electron chi connectivity index (χ3n) is 3.42. The number of hydrogen-bond donors (Lipinski definition) is 1. The van der Waals surface area contributed by atoms with Crippen molar-refractivity contribution in [3.63, 3.8) is 0 Å². The summed E-state index contributed by atoms with van der Waals surface area (Å²) in [6.07, 6.45) is 0. The largest absolute Gasteiger partial charge is 0.493 e. The van der Waals surface area contributed by atoms with Crippen LogP contribution in [0.5, 0.6) is 11.5 Å². The maximum absolute atomic E-state index is 12.6. The van der Waals surface area contributed by atoms with E-state index in [0.29, 0.717) is 22.7 Å². The molecule has 0 aliphatic carbocycles. The number of carbonyl (C=O) groups is 2. The molecule has 0 saturated heterocycles. The predicted octanol–water partition coefficient (Wildman–Crippen LogP) is 0.864. The van der Waals surface area contributed by atoms with Gasteiger partial charge in [0.05, 0.1) is 26.5 Å². The second kappa shape index (κ2) is 5.84. The standard InChI is InChI=1S/C15H19NO6/c1-15(2)14(19)16(7-12(18)21-4)10-5-9(8-17)6-11(20-3)13(10)22-15/h5-6,17H,7-8H2,1-4H3. The number of esters is 1. The molecule has 0 atom stereocenters. The Morgan fingerprint density at radius 1 is 1.36 bits per heavy atom. The molecule has 7 heteroatoms. The van der Waals surface area contributed by atoms with Gasteiger partial charge in [-0.3, -0.25) is 14.5 Å². The minimum atomic E-state index is -1.14. The molecule has 1 heterocycles. The summed E-state index contributed by atoms with van der Waals surface area (Å²) in [5.41, 5.74) is -0.227. The molecule has 1 aliphatic rings. The fourth-order valence-corrected chi connectivity index (χ4v) is 2.27. The van der Waals surface area contributed by atoms with E-state index in [9.17, 15) is 14.7 Å². The zero-order valence-corrected chi connectivity index (χ0v) is 13.0. The first-order chi connectivity index (χ1) is 10.3. The minimum Gasteiger partial charge on any atom is -0.493 e. The van der Waals surface area contributed by atoms with Gasteiger partial charge in [-0.05, 0) is 31.5 Å². The van der Waals surface area contributed by atoms with Gasteiger partial charge in [-0.1, -0.05) is 0 Å². The number of benzene rings is 1. The second-order valence-electron chi connectivity index (χ2n) is 5.38. The number of carbonyl (C=O) groups excluding carboxylic acids is 2. The van der Waals surface area contributed by atoms with Crippen molar-refractivity contribution in [2.24, 2.45) is 0 Å². The zero-order chi connectivity index (χ0) is 16.5. The van der Waals surface area contributed by atoms with Crippen molar-refractivity contribution in [2.45, 2.75) is 26.1 Å². The number of amides is 1. The fraction of sp³-hybridized carbons (Fsp3) is 0.467. The molecule has 120 valence electrons. The lowest BCUT2D eigenvalue weighted by Crippen LogP contribution is -2.54. The van der Waals surface area contributed by atoms with E-state index in [-0.39, 0.29) is 19.1 Å². The SMILES string of the molecule is COC(=O)CN1C(=O)C(C)(C)Oc2c(OC)cc(CO)cc21. The van der Waals surface area contributed by atoms with Crippen LogP contribution in [0.2, 0.25) is 0 Å². The number of ether oxygens (including phenoxy) is 3. The Hall–Kier alpha value is -2.28. The Morgan fingerprint density at radius 2 is 2.05 bits per heavy atom. The van der Waals surface area contributed by atoms with Crippen molar-refractivity contribution in [3.8, 4) is 11.5 Å². The number of rotatable bonds is 4. The van der Waals surface area contributed by atoms with Crippen molar-refractivity contribution in [1.82, 2.24) is 0 Å². The van der Waals surface area contributed by atoms with Crippen LogP contribution in [0, 0.1) is 0 Å². The highest BCUT2D eigenvalue weighted by atomic mass is 16.5. The number of hydrogen-bond acceptors (Lipinski definition) is 6. The summed E-state index contributed by atoms with van der Waals surface area (Å²) in [5.74, 6) is -0.182. The number of fused-ring (bicyclic) bond motifs is 1. The maximum Gasteiger partial charge on any atom is 0.325 e. The van der Waals surface area contributed by atoms with E-state index in [1.165, 1.54) is 19.1 Å². The molecule has 1 amide bonds. The van der Waals surface area contributed by atoms with E-state index in [4.69, 9.17) is 9.47 Å². The van der Waals surface area contributed by atoms with Crippen LogP contribution in [0.4, 0.5) is 5.69 Å². The number of aliphatic hydroxyl groups is 1. The van der Waals surface area contributed by atoms with Gasteiger partial charge in [0.1, 0.15) is 6.54 Å². The summed E-state index contributed by atoms with van der Waals surface area (Å²) in [6.45, 7) is 2.75. The van der Waals surface area contributed by atoms with Crippen molar-refractivity contribution in [3.05, 3.63) is 17.7 Å². The van der Waals surface area contributed by atoms with Gasteiger partial charge in [0.15, 0.2) is 17.1 Å². The highest BCUT2D eigenvalue weighted by Gasteiger charge is 2.43. The smallest absolute Gasteiger partial charge is 0.325 e. The lowest BCUT2D eigenvalue weighted by Gasteiger charge is -2.39. The quantitative estimate of drug-likeness (QED) is 0.831. The summed E-state index contributed by atoms with van der Waals surface area (Å²) < 4.78 is 15.7. The monoisotopic (exact) mass is 309 g/mol. The van der Waals surface area contributed by atoms with E-state index in [0.717, 1.165) is 0 Å². The first-order valence-corrected chi connectivity index (χ1v) is 6.73. The zero-order valence-electron chi connectivity index (χ0n) is 13.0.